The molecule has 6 rings (SSSR count). The standard InChI is InChI=1S/C33H38FN7O4/c1-38-17-19-39(20-18-38)23-10-15-40(16-11-23)32(44)37-29-22-26(9-14-36-29)45-25-7-8-28(27(34)21-25)41(24-5-3-2-4-6-24)31(43)33(12-13-33)30(35)42/h2-9,14,21-23H,10-13,15-20H2,1H3,(H2,35,42)(H,36,37,44). The van der Waals surface area contributed by atoms with Crippen molar-refractivity contribution in [2.45, 2.75) is 31.7 Å². The number of piperazine rings is 1. The Labute approximate surface area is 261 Å². The van der Waals surface area contributed by atoms with Crippen LogP contribution in [-0.4, -0.2) is 89.9 Å². The molecule has 0 radical (unpaired) electrons. The van der Waals surface area contributed by atoms with E-state index in [1.807, 2.05) is 0 Å². The molecule has 0 bridgehead atoms. The van der Waals surface area contributed by atoms with Gasteiger partial charge in [-0.2, -0.15) is 0 Å². The van der Waals surface area contributed by atoms with E-state index in [1.165, 1.54) is 29.3 Å². The summed E-state index contributed by atoms with van der Waals surface area (Å²) in [6.07, 6.45) is 4.02. The third kappa shape index (κ3) is 6.62. The Hall–Kier alpha value is -4.55. The smallest absolute Gasteiger partial charge is 0.323 e. The number of nitrogens with zero attached hydrogens (tertiary/aromatic N) is 5. The second kappa shape index (κ2) is 12.8. The summed E-state index contributed by atoms with van der Waals surface area (Å²) < 4.78 is 21.5. The molecule has 2 aliphatic heterocycles. The second-order valence-corrected chi connectivity index (χ2v) is 12.0. The molecular weight excluding hydrogens is 577 g/mol. The molecule has 2 saturated heterocycles. The van der Waals surface area contributed by atoms with Crippen molar-refractivity contribution in [1.82, 2.24) is 19.7 Å². The molecule has 2 aromatic carbocycles. The first kappa shape index (κ1) is 30.5. The molecule has 3 fully saturated rings. The zero-order valence-corrected chi connectivity index (χ0v) is 25.3. The van der Waals surface area contributed by atoms with Gasteiger partial charge in [0.2, 0.25) is 11.8 Å². The molecule has 3 heterocycles. The highest BCUT2D eigenvalue weighted by molar-refractivity contribution is 6.16. The minimum atomic E-state index is -1.34. The number of pyridine rings is 1. The summed E-state index contributed by atoms with van der Waals surface area (Å²) in [5.41, 5.74) is 4.62. The van der Waals surface area contributed by atoms with Gasteiger partial charge in [-0.05, 0) is 63.1 Å². The lowest BCUT2D eigenvalue weighted by atomic mass is 10.0. The van der Waals surface area contributed by atoms with Gasteiger partial charge in [-0.25, -0.2) is 14.2 Å². The van der Waals surface area contributed by atoms with Crippen molar-refractivity contribution in [3.05, 3.63) is 72.7 Å². The maximum atomic E-state index is 15.6. The molecule has 236 valence electrons. The highest BCUT2D eigenvalue weighted by Gasteiger charge is 2.57. The normalized spacial score (nSPS) is 18.7. The molecule has 3 aromatic rings. The van der Waals surface area contributed by atoms with Gasteiger partial charge in [-0.15, -0.1) is 0 Å². The number of benzene rings is 2. The van der Waals surface area contributed by atoms with Gasteiger partial charge in [-0.3, -0.25) is 24.7 Å². The van der Waals surface area contributed by atoms with E-state index in [1.54, 1.807) is 47.4 Å². The predicted octanol–water partition coefficient (Wildman–Crippen LogP) is 4.19. The van der Waals surface area contributed by atoms with Crippen molar-refractivity contribution in [3.63, 3.8) is 0 Å². The monoisotopic (exact) mass is 615 g/mol. The number of para-hydroxylation sites is 1. The molecule has 3 N–H and O–H groups in total. The minimum Gasteiger partial charge on any atom is -0.457 e. The third-order valence-electron chi connectivity index (χ3n) is 9.02. The quantitative estimate of drug-likeness (QED) is 0.364. The Morgan fingerprint density at radius 2 is 1.64 bits per heavy atom. The van der Waals surface area contributed by atoms with E-state index in [2.05, 4.69) is 27.1 Å². The van der Waals surface area contributed by atoms with Gasteiger partial charge in [0.25, 0.3) is 0 Å². The number of carbonyl (C=O) groups is 3. The maximum Gasteiger partial charge on any atom is 0.323 e. The lowest BCUT2D eigenvalue weighted by molar-refractivity contribution is -0.133. The Morgan fingerprint density at radius 3 is 2.29 bits per heavy atom. The number of hydrogen-bond donors (Lipinski definition) is 2. The van der Waals surface area contributed by atoms with Gasteiger partial charge in [-0.1, -0.05) is 18.2 Å². The number of hydrogen-bond acceptors (Lipinski definition) is 7. The summed E-state index contributed by atoms with van der Waals surface area (Å²) in [6.45, 7) is 5.63. The number of aromatic nitrogens is 1. The molecule has 4 amide bonds. The summed E-state index contributed by atoms with van der Waals surface area (Å²) in [4.78, 5) is 50.8. The molecule has 0 atom stereocenters. The zero-order chi connectivity index (χ0) is 31.6. The van der Waals surface area contributed by atoms with E-state index in [0.29, 0.717) is 49.2 Å². The summed E-state index contributed by atoms with van der Waals surface area (Å²) >= 11 is 0. The topological polar surface area (TPSA) is 124 Å². The molecule has 0 spiro atoms. The number of nitrogens with two attached hydrogens (primary N) is 1. The summed E-state index contributed by atoms with van der Waals surface area (Å²) in [5.74, 6) is -1.15. The molecule has 3 aliphatic rings. The minimum absolute atomic E-state index is 0.0230. The number of rotatable bonds is 8. The number of amides is 4. The first-order chi connectivity index (χ1) is 21.7. The van der Waals surface area contributed by atoms with Crippen LogP contribution in [0.15, 0.2) is 66.9 Å². The number of primary amides is 1. The number of halogens is 1. The number of likely N-dealkylation sites (N-methyl/N-ethyl adjacent to an activating group) is 1. The van der Waals surface area contributed by atoms with Gasteiger partial charge >= 0.3 is 6.03 Å². The highest BCUT2D eigenvalue weighted by Crippen LogP contribution is 2.49. The van der Waals surface area contributed by atoms with Crippen LogP contribution >= 0.6 is 0 Å². The molecule has 1 aromatic heterocycles. The van der Waals surface area contributed by atoms with Gasteiger partial charge in [0.15, 0.2) is 5.82 Å². The van der Waals surface area contributed by atoms with Crippen molar-refractivity contribution in [1.29, 1.82) is 0 Å². The average molecular weight is 616 g/mol. The van der Waals surface area contributed by atoms with Crippen molar-refractivity contribution in [3.8, 4) is 11.5 Å². The molecule has 1 aliphatic carbocycles. The molecule has 0 unspecified atom stereocenters. The van der Waals surface area contributed by atoms with E-state index in [9.17, 15) is 14.4 Å². The Balaban J connectivity index is 1.10. The summed E-state index contributed by atoms with van der Waals surface area (Å²) in [6, 6.07) is 16.2. The lowest BCUT2D eigenvalue weighted by Crippen LogP contribution is -2.53. The van der Waals surface area contributed by atoms with E-state index in [0.717, 1.165) is 39.0 Å². The van der Waals surface area contributed by atoms with Gasteiger partial charge < -0.3 is 20.3 Å². The number of piperidine rings is 1. The van der Waals surface area contributed by atoms with Crippen LogP contribution in [0.5, 0.6) is 11.5 Å². The molecular formula is C33H38FN7O4. The SMILES string of the molecule is CN1CCN(C2CCN(C(=O)Nc3cc(Oc4ccc(N(C(=O)C5(C(N)=O)CC5)c5ccccc5)c(F)c4)ccn3)CC2)CC1. The van der Waals surface area contributed by atoms with Crippen LogP contribution in [0.3, 0.4) is 0 Å². The highest BCUT2D eigenvalue weighted by atomic mass is 19.1. The van der Waals surface area contributed by atoms with Crippen LogP contribution in [0, 0.1) is 11.2 Å². The van der Waals surface area contributed by atoms with E-state index in [-0.39, 0.29) is 17.5 Å². The number of carbonyl (C=O) groups excluding carboxylic acids is 3. The van der Waals surface area contributed by atoms with Crippen molar-refractivity contribution in [2.24, 2.45) is 11.1 Å². The van der Waals surface area contributed by atoms with E-state index >= 15 is 4.39 Å². The molecule has 12 heteroatoms. The van der Waals surface area contributed by atoms with E-state index in [4.69, 9.17) is 10.5 Å². The lowest BCUT2D eigenvalue weighted by Gasteiger charge is -2.42. The van der Waals surface area contributed by atoms with Gasteiger partial charge in [0.1, 0.15) is 22.7 Å². The predicted molar refractivity (Wildman–Crippen MR) is 168 cm³/mol. The fourth-order valence-electron chi connectivity index (χ4n) is 6.07. The van der Waals surface area contributed by atoms with Crippen molar-refractivity contribution < 1.29 is 23.5 Å². The largest absolute Gasteiger partial charge is 0.457 e. The summed E-state index contributed by atoms with van der Waals surface area (Å²) in [5, 5.41) is 2.85. The van der Waals surface area contributed by atoms with Crippen LogP contribution < -0.4 is 20.7 Å². The first-order valence-electron chi connectivity index (χ1n) is 15.3. The number of likely N-dealkylation sites (tertiary alicyclic amines) is 1. The van der Waals surface area contributed by atoms with Crippen molar-refractivity contribution in [2.75, 3.05) is 56.5 Å². The van der Waals surface area contributed by atoms with Crippen LogP contribution in [0.25, 0.3) is 0 Å². The second-order valence-electron chi connectivity index (χ2n) is 12.0. The Morgan fingerprint density at radius 1 is 0.956 bits per heavy atom. The number of nitrogens with one attached hydrogen (secondary N) is 1. The van der Waals surface area contributed by atoms with Crippen LogP contribution in [-0.2, 0) is 9.59 Å². The fourth-order valence-corrected chi connectivity index (χ4v) is 6.07. The molecule has 1 saturated carbocycles. The van der Waals surface area contributed by atoms with Gasteiger partial charge in [0.05, 0.1) is 5.69 Å². The number of urea groups is 1. The molecule has 45 heavy (non-hydrogen) atoms. The Bertz CT molecular complexity index is 1550. The number of ether oxygens (including phenoxy) is 1. The summed E-state index contributed by atoms with van der Waals surface area (Å²) in [7, 11) is 2.15. The van der Waals surface area contributed by atoms with Crippen LogP contribution in [0.4, 0.5) is 26.4 Å². The van der Waals surface area contributed by atoms with Crippen LogP contribution in [0.2, 0.25) is 0 Å². The third-order valence-corrected chi connectivity index (χ3v) is 9.02. The maximum absolute atomic E-state index is 15.6. The molecule has 11 nitrogen and oxygen atoms in total. The van der Waals surface area contributed by atoms with Crippen molar-refractivity contribution >= 4 is 35.0 Å². The average Bonchev–Trinajstić information content (AvgIpc) is 3.86. The first-order valence-corrected chi connectivity index (χ1v) is 15.3. The Kier molecular flexibility index (Phi) is 8.68. The zero-order valence-electron chi connectivity index (χ0n) is 25.3. The number of anilines is 3. The fraction of sp³-hybridized carbons (Fsp3) is 0.394. The van der Waals surface area contributed by atoms with Gasteiger partial charge in [0, 0.05) is 69.3 Å². The van der Waals surface area contributed by atoms with Crippen LogP contribution in [0.1, 0.15) is 25.7 Å². The van der Waals surface area contributed by atoms with E-state index < -0.39 is 23.0 Å².